The lowest BCUT2D eigenvalue weighted by Gasteiger charge is -2.06. The summed E-state index contributed by atoms with van der Waals surface area (Å²) in [6.45, 7) is 0. The highest BCUT2D eigenvalue weighted by Gasteiger charge is 2.19. The normalized spacial score (nSPS) is 13.6. The van der Waals surface area contributed by atoms with Crippen molar-refractivity contribution >= 4 is 72.0 Å². The summed E-state index contributed by atoms with van der Waals surface area (Å²) in [4.78, 5) is 26.3. The summed E-state index contributed by atoms with van der Waals surface area (Å²) in [6.07, 6.45) is 7.99. The van der Waals surface area contributed by atoms with Crippen LogP contribution < -0.4 is 11.1 Å². The molecule has 2 amide bonds. The molecular weight excluding hydrogens is 450 g/mol. The lowest BCUT2D eigenvalue weighted by atomic mass is 10.0. The van der Waals surface area contributed by atoms with Gasteiger partial charge in [0.05, 0.1) is 21.5 Å². The number of carbonyl (C=O) groups is 2. The van der Waals surface area contributed by atoms with Crippen molar-refractivity contribution in [2.45, 2.75) is 18.0 Å². The number of allylic oxidation sites excluding steroid dienone is 4. The topological polar surface area (TPSA) is 102 Å². The van der Waals surface area contributed by atoms with Crippen LogP contribution in [0.5, 0.6) is 0 Å². The monoisotopic (exact) mass is 467 g/mol. The Morgan fingerprint density at radius 2 is 2.10 bits per heavy atom. The summed E-state index contributed by atoms with van der Waals surface area (Å²) in [7, 11) is 0. The molecule has 0 saturated carbocycles. The van der Waals surface area contributed by atoms with Crippen LogP contribution >= 0.6 is 34.4 Å². The number of aromatic nitrogens is 3. The molecule has 31 heavy (non-hydrogen) atoms. The fraction of sp³-hybridized carbons (Fsp3) is 0.143. The van der Waals surface area contributed by atoms with Gasteiger partial charge in [0.1, 0.15) is 5.00 Å². The van der Waals surface area contributed by atoms with Crippen LogP contribution in [-0.4, -0.2) is 32.2 Å². The van der Waals surface area contributed by atoms with E-state index < -0.39 is 5.91 Å². The van der Waals surface area contributed by atoms with Crippen molar-refractivity contribution in [2.24, 2.45) is 5.73 Å². The molecule has 10 heteroatoms. The number of thiophene rings is 1. The van der Waals surface area contributed by atoms with Crippen LogP contribution in [0.4, 0.5) is 5.00 Å². The van der Waals surface area contributed by atoms with Crippen LogP contribution in [0, 0.1) is 0 Å². The third-order valence-corrected chi connectivity index (χ3v) is 7.89. The maximum atomic E-state index is 12.6. The highest BCUT2D eigenvalue weighted by Crippen LogP contribution is 2.36. The first-order chi connectivity index (χ1) is 15.1. The van der Waals surface area contributed by atoms with E-state index in [1.165, 1.54) is 23.1 Å². The Morgan fingerprint density at radius 1 is 1.23 bits per heavy atom. The van der Waals surface area contributed by atoms with Gasteiger partial charge in [-0.05, 0) is 36.6 Å². The third kappa shape index (κ3) is 3.89. The number of nitrogens with zero attached hydrogens (tertiary/aromatic N) is 3. The summed E-state index contributed by atoms with van der Waals surface area (Å²) in [6, 6.07) is 9.76. The predicted molar refractivity (Wildman–Crippen MR) is 127 cm³/mol. The van der Waals surface area contributed by atoms with Gasteiger partial charge in [-0.2, -0.15) is 0 Å². The van der Waals surface area contributed by atoms with Gasteiger partial charge in [0.15, 0.2) is 5.16 Å². The molecule has 4 aromatic rings. The van der Waals surface area contributed by atoms with E-state index in [2.05, 4.69) is 21.6 Å². The quantitative estimate of drug-likeness (QED) is 0.405. The van der Waals surface area contributed by atoms with E-state index in [1.807, 2.05) is 40.8 Å². The van der Waals surface area contributed by atoms with Gasteiger partial charge in [-0.25, -0.2) is 0 Å². The van der Waals surface area contributed by atoms with Crippen LogP contribution in [0.1, 0.15) is 28.1 Å². The van der Waals surface area contributed by atoms with Crippen LogP contribution in [0.25, 0.3) is 20.8 Å². The molecule has 0 radical (unpaired) electrons. The highest BCUT2D eigenvalue weighted by molar-refractivity contribution is 7.99. The van der Waals surface area contributed by atoms with Crippen molar-refractivity contribution in [3.8, 4) is 0 Å². The first-order valence-electron chi connectivity index (χ1n) is 9.55. The zero-order valence-corrected chi connectivity index (χ0v) is 18.6. The fourth-order valence-corrected chi connectivity index (χ4v) is 6.27. The molecule has 7 nitrogen and oxygen atoms in total. The minimum absolute atomic E-state index is 0.141. The van der Waals surface area contributed by atoms with E-state index in [1.54, 1.807) is 17.4 Å². The molecule has 3 aromatic heterocycles. The van der Waals surface area contributed by atoms with Crippen molar-refractivity contribution in [3.63, 3.8) is 0 Å². The third-order valence-electron chi connectivity index (χ3n) is 4.82. The number of hydrogen-bond acceptors (Lipinski definition) is 7. The van der Waals surface area contributed by atoms with Gasteiger partial charge in [0.25, 0.3) is 5.91 Å². The van der Waals surface area contributed by atoms with E-state index in [0.29, 0.717) is 15.7 Å². The number of thioether (sulfide) groups is 1. The number of fused-ring (bicyclic) bond motifs is 3. The standard InChI is InChI=1S/C21H17N5O2S3/c22-18(28)13-10-16(12-6-2-1-3-7-12)30-19(13)23-17(27)11-29-20-24-25-21-26(20)14-8-4-5-9-15(14)31-21/h1-2,4-6,8-10H,3,7,11H2,(H2,22,28)(H,23,27). The molecule has 1 aromatic carbocycles. The second-order valence-corrected chi connectivity index (χ2v) is 9.89. The Hall–Kier alpha value is -2.95. The van der Waals surface area contributed by atoms with Crippen LogP contribution in [-0.2, 0) is 4.79 Å². The highest BCUT2D eigenvalue weighted by atomic mass is 32.2. The molecule has 0 bridgehead atoms. The second kappa shape index (κ2) is 8.29. The first kappa shape index (κ1) is 20.0. The Bertz CT molecular complexity index is 1380. The minimum atomic E-state index is -0.554. The fourth-order valence-electron chi connectivity index (χ4n) is 3.37. The Labute approximate surface area is 189 Å². The van der Waals surface area contributed by atoms with Crippen molar-refractivity contribution in [1.29, 1.82) is 0 Å². The van der Waals surface area contributed by atoms with Gasteiger partial charge >= 0.3 is 0 Å². The molecule has 1 aliphatic carbocycles. The number of primary amides is 1. The number of rotatable bonds is 6. The van der Waals surface area contributed by atoms with Gasteiger partial charge in [-0.1, -0.05) is 53.5 Å². The number of carbonyl (C=O) groups excluding carboxylic acids is 2. The molecule has 5 rings (SSSR count). The Kier molecular flexibility index (Phi) is 5.34. The van der Waals surface area contributed by atoms with Gasteiger partial charge in [-0.15, -0.1) is 21.5 Å². The second-order valence-electron chi connectivity index (χ2n) is 6.88. The molecule has 0 fully saturated rings. The van der Waals surface area contributed by atoms with Gasteiger partial charge in [0.2, 0.25) is 10.9 Å². The maximum absolute atomic E-state index is 12.6. The summed E-state index contributed by atoms with van der Waals surface area (Å²) >= 11 is 4.24. The van der Waals surface area contributed by atoms with Crippen LogP contribution in [0.2, 0.25) is 0 Å². The average molecular weight is 468 g/mol. The lowest BCUT2D eigenvalue weighted by molar-refractivity contribution is -0.113. The zero-order chi connectivity index (χ0) is 21.4. The molecule has 3 N–H and O–H groups in total. The molecule has 0 saturated heterocycles. The molecule has 1 aliphatic rings. The van der Waals surface area contributed by atoms with Crippen molar-refractivity contribution in [3.05, 3.63) is 59.0 Å². The number of nitrogens with one attached hydrogen (secondary N) is 1. The summed E-state index contributed by atoms with van der Waals surface area (Å²) < 4.78 is 3.07. The van der Waals surface area contributed by atoms with Crippen LogP contribution in [0.3, 0.4) is 0 Å². The van der Waals surface area contributed by atoms with Crippen molar-refractivity contribution in [1.82, 2.24) is 14.6 Å². The van der Waals surface area contributed by atoms with E-state index >= 15 is 0 Å². The van der Waals surface area contributed by atoms with E-state index in [4.69, 9.17) is 5.73 Å². The lowest BCUT2D eigenvalue weighted by Crippen LogP contribution is -2.17. The number of anilines is 1. The molecule has 0 atom stereocenters. The van der Waals surface area contributed by atoms with Crippen molar-refractivity contribution < 1.29 is 9.59 Å². The molecule has 156 valence electrons. The van der Waals surface area contributed by atoms with E-state index in [-0.39, 0.29) is 11.7 Å². The predicted octanol–water partition coefficient (Wildman–Crippen LogP) is 4.57. The number of para-hydroxylation sites is 1. The van der Waals surface area contributed by atoms with Crippen molar-refractivity contribution in [2.75, 3.05) is 11.1 Å². The SMILES string of the molecule is NC(=O)c1cc(C2=CC=CCC2)sc1NC(=O)CSc1nnc2sc3ccccc3n12. The molecule has 0 aliphatic heterocycles. The Balaban J connectivity index is 1.33. The largest absolute Gasteiger partial charge is 0.366 e. The van der Waals surface area contributed by atoms with Crippen LogP contribution in [0.15, 0.2) is 53.7 Å². The summed E-state index contributed by atoms with van der Waals surface area (Å²) in [5.74, 6) is -0.641. The molecule has 3 heterocycles. The number of hydrogen-bond donors (Lipinski definition) is 2. The van der Waals surface area contributed by atoms with Gasteiger partial charge in [-0.3, -0.25) is 14.0 Å². The first-order valence-corrected chi connectivity index (χ1v) is 12.2. The van der Waals surface area contributed by atoms with Gasteiger partial charge < -0.3 is 11.1 Å². The Morgan fingerprint density at radius 3 is 2.90 bits per heavy atom. The maximum Gasteiger partial charge on any atom is 0.251 e. The summed E-state index contributed by atoms with van der Waals surface area (Å²) in [5, 5.41) is 12.4. The molecule has 0 unspecified atom stereocenters. The van der Waals surface area contributed by atoms with E-state index in [9.17, 15) is 9.59 Å². The number of thiazole rings is 1. The number of nitrogens with two attached hydrogens (primary N) is 1. The average Bonchev–Trinajstić information content (AvgIpc) is 3.46. The summed E-state index contributed by atoms with van der Waals surface area (Å²) in [5.41, 5.74) is 8.04. The van der Waals surface area contributed by atoms with Gasteiger partial charge in [0, 0.05) is 4.88 Å². The number of benzene rings is 1. The molecule has 0 spiro atoms. The molecular formula is C21H17N5O2S3. The smallest absolute Gasteiger partial charge is 0.251 e. The minimum Gasteiger partial charge on any atom is -0.366 e. The van der Waals surface area contributed by atoms with E-state index in [0.717, 1.165) is 38.5 Å². The zero-order valence-electron chi connectivity index (χ0n) is 16.2. The number of amides is 2.